The standard InChI is InChI=1S/C13H21NO2S/c1-3-9-17(15,16)10-8-14-13-7-5-6-12(4-2)11-13/h5-7,11,14H,3-4,8-10H2,1-2H3. The summed E-state index contributed by atoms with van der Waals surface area (Å²) in [5.41, 5.74) is 2.25. The van der Waals surface area contributed by atoms with Gasteiger partial charge in [0.25, 0.3) is 0 Å². The van der Waals surface area contributed by atoms with Gasteiger partial charge < -0.3 is 5.32 Å². The maximum atomic E-state index is 11.5. The van der Waals surface area contributed by atoms with Crippen molar-refractivity contribution in [1.29, 1.82) is 0 Å². The van der Waals surface area contributed by atoms with Crippen LogP contribution in [-0.2, 0) is 16.3 Å². The molecule has 96 valence electrons. The van der Waals surface area contributed by atoms with Crippen molar-refractivity contribution in [1.82, 2.24) is 0 Å². The van der Waals surface area contributed by atoms with Crippen LogP contribution in [0, 0.1) is 0 Å². The number of hydrogen-bond acceptors (Lipinski definition) is 3. The molecule has 1 aromatic carbocycles. The van der Waals surface area contributed by atoms with Crippen LogP contribution in [0.3, 0.4) is 0 Å². The van der Waals surface area contributed by atoms with E-state index in [0.717, 1.165) is 12.1 Å². The normalized spacial score (nSPS) is 11.4. The lowest BCUT2D eigenvalue weighted by Crippen LogP contribution is -2.18. The number of anilines is 1. The maximum absolute atomic E-state index is 11.5. The van der Waals surface area contributed by atoms with Gasteiger partial charge in [-0.3, -0.25) is 0 Å². The van der Waals surface area contributed by atoms with Crippen molar-refractivity contribution in [2.24, 2.45) is 0 Å². The van der Waals surface area contributed by atoms with Gasteiger partial charge >= 0.3 is 0 Å². The van der Waals surface area contributed by atoms with Crippen LogP contribution in [0.15, 0.2) is 24.3 Å². The minimum absolute atomic E-state index is 0.206. The molecule has 0 radical (unpaired) electrons. The lowest BCUT2D eigenvalue weighted by molar-refractivity contribution is 0.595. The molecule has 4 heteroatoms. The summed E-state index contributed by atoms with van der Waals surface area (Å²) in [5.74, 6) is 0.487. The van der Waals surface area contributed by atoms with Crippen molar-refractivity contribution in [2.75, 3.05) is 23.4 Å². The van der Waals surface area contributed by atoms with E-state index in [2.05, 4.69) is 24.4 Å². The van der Waals surface area contributed by atoms with E-state index in [1.807, 2.05) is 19.1 Å². The molecule has 17 heavy (non-hydrogen) atoms. The first-order valence-electron chi connectivity index (χ1n) is 6.10. The predicted octanol–water partition coefficient (Wildman–Crippen LogP) is 2.49. The van der Waals surface area contributed by atoms with Gasteiger partial charge in [0, 0.05) is 18.0 Å². The number of nitrogens with one attached hydrogen (secondary N) is 1. The Morgan fingerprint density at radius 1 is 1.18 bits per heavy atom. The highest BCUT2D eigenvalue weighted by molar-refractivity contribution is 7.91. The molecule has 0 bridgehead atoms. The number of rotatable bonds is 7. The van der Waals surface area contributed by atoms with E-state index in [0.29, 0.717) is 13.0 Å². The number of sulfone groups is 1. The van der Waals surface area contributed by atoms with Crippen LogP contribution >= 0.6 is 0 Å². The molecule has 0 fully saturated rings. The SMILES string of the molecule is CCCS(=O)(=O)CCNc1cccc(CC)c1. The smallest absolute Gasteiger partial charge is 0.152 e. The van der Waals surface area contributed by atoms with E-state index in [4.69, 9.17) is 0 Å². The Morgan fingerprint density at radius 2 is 1.94 bits per heavy atom. The summed E-state index contributed by atoms with van der Waals surface area (Å²) in [6, 6.07) is 8.08. The van der Waals surface area contributed by atoms with Gasteiger partial charge in [0.1, 0.15) is 0 Å². The van der Waals surface area contributed by atoms with Crippen molar-refractivity contribution in [3.05, 3.63) is 29.8 Å². The van der Waals surface area contributed by atoms with Crippen molar-refractivity contribution < 1.29 is 8.42 Å². The average Bonchev–Trinajstić information content (AvgIpc) is 2.29. The molecule has 0 aliphatic rings. The number of benzene rings is 1. The zero-order valence-electron chi connectivity index (χ0n) is 10.6. The third-order valence-corrected chi connectivity index (χ3v) is 4.45. The van der Waals surface area contributed by atoms with Crippen LogP contribution in [-0.4, -0.2) is 26.5 Å². The van der Waals surface area contributed by atoms with E-state index in [9.17, 15) is 8.42 Å². The van der Waals surface area contributed by atoms with Gasteiger partial charge in [-0.15, -0.1) is 0 Å². The molecular formula is C13H21NO2S. The first-order chi connectivity index (χ1) is 8.07. The van der Waals surface area contributed by atoms with Crippen LogP contribution in [0.25, 0.3) is 0 Å². The molecule has 0 spiro atoms. The van der Waals surface area contributed by atoms with E-state index in [-0.39, 0.29) is 11.5 Å². The van der Waals surface area contributed by atoms with Gasteiger partial charge in [-0.2, -0.15) is 0 Å². The Bertz CT molecular complexity index is 440. The molecule has 0 aromatic heterocycles. The van der Waals surface area contributed by atoms with E-state index < -0.39 is 9.84 Å². The summed E-state index contributed by atoms with van der Waals surface area (Å²) in [7, 11) is -2.88. The Labute approximate surface area is 104 Å². The number of hydrogen-bond donors (Lipinski definition) is 1. The Morgan fingerprint density at radius 3 is 2.59 bits per heavy atom. The average molecular weight is 255 g/mol. The van der Waals surface area contributed by atoms with Crippen molar-refractivity contribution in [2.45, 2.75) is 26.7 Å². The third-order valence-electron chi connectivity index (χ3n) is 2.59. The fourth-order valence-electron chi connectivity index (χ4n) is 1.67. The van der Waals surface area contributed by atoms with Crippen molar-refractivity contribution in [3.63, 3.8) is 0 Å². The molecule has 0 atom stereocenters. The topological polar surface area (TPSA) is 46.2 Å². The molecule has 3 nitrogen and oxygen atoms in total. The molecule has 0 unspecified atom stereocenters. The molecule has 0 saturated carbocycles. The van der Waals surface area contributed by atoms with Crippen molar-refractivity contribution in [3.8, 4) is 0 Å². The highest BCUT2D eigenvalue weighted by atomic mass is 32.2. The van der Waals surface area contributed by atoms with Crippen LogP contribution in [0.1, 0.15) is 25.8 Å². The summed E-state index contributed by atoms with van der Waals surface area (Å²) in [4.78, 5) is 0. The first kappa shape index (κ1) is 14.0. The quantitative estimate of drug-likeness (QED) is 0.814. The molecule has 1 aromatic rings. The molecule has 0 saturated heterocycles. The van der Waals surface area contributed by atoms with Gasteiger partial charge in [0.2, 0.25) is 0 Å². The highest BCUT2D eigenvalue weighted by Gasteiger charge is 2.08. The third kappa shape index (κ3) is 5.22. The second-order valence-electron chi connectivity index (χ2n) is 4.13. The summed E-state index contributed by atoms with van der Waals surface area (Å²) in [6.07, 6.45) is 1.68. The Kier molecular flexibility index (Phi) is 5.48. The van der Waals surface area contributed by atoms with Crippen LogP contribution in [0.2, 0.25) is 0 Å². The summed E-state index contributed by atoms with van der Waals surface area (Å²) in [5, 5.41) is 3.15. The molecule has 0 aliphatic carbocycles. The van der Waals surface area contributed by atoms with Crippen LogP contribution < -0.4 is 5.32 Å². The monoisotopic (exact) mass is 255 g/mol. The summed E-state index contributed by atoms with van der Waals surface area (Å²) < 4.78 is 23.0. The largest absolute Gasteiger partial charge is 0.384 e. The van der Waals surface area contributed by atoms with Gasteiger partial charge in [-0.1, -0.05) is 26.0 Å². The maximum Gasteiger partial charge on any atom is 0.152 e. The minimum Gasteiger partial charge on any atom is -0.384 e. The minimum atomic E-state index is -2.88. The number of aryl methyl sites for hydroxylation is 1. The fraction of sp³-hybridized carbons (Fsp3) is 0.538. The van der Waals surface area contributed by atoms with Gasteiger partial charge in [0.05, 0.1) is 5.75 Å². The fourth-order valence-corrected chi connectivity index (χ4v) is 2.90. The van der Waals surface area contributed by atoms with Gasteiger partial charge in [0.15, 0.2) is 9.84 Å². The summed E-state index contributed by atoms with van der Waals surface area (Å²) >= 11 is 0. The molecular weight excluding hydrogens is 234 g/mol. The van der Waals surface area contributed by atoms with E-state index in [1.165, 1.54) is 5.56 Å². The molecule has 1 rings (SSSR count). The summed E-state index contributed by atoms with van der Waals surface area (Å²) in [6.45, 7) is 4.47. The molecule has 0 amide bonds. The predicted molar refractivity (Wildman–Crippen MR) is 73.3 cm³/mol. The van der Waals surface area contributed by atoms with Gasteiger partial charge in [-0.25, -0.2) is 8.42 Å². The lowest BCUT2D eigenvalue weighted by Gasteiger charge is -2.08. The first-order valence-corrected chi connectivity index (χ1v) is 7.92. The highest BCUT2D eigenvalue weighted by Crippen LogP contribution is 2.10. The molecule has 0 heterocycles. The van der Waals surface area contributed by atoms with E-state index >= 15 is 0 Å². The Balaban J connectivity index is 2.45. The zero-order valence-corrected chi connectivity index (χ0v) is 11.4. The molecule has 0 aliphatic heterocycles. The Hall–Kier alpha value is -1.03. The van der Waals surface area contributed by atoms with Gasteiger partial charge in [-0.05, 0) is 30.5 Å². The van der Waals surface area contributed by atoms with Crippen molar-refractivity contribution >= 4 is 15.5 Å². The zero-order chi connectivity index (χ0) is 12.7. The van der Waals surface area contributed by atoms with E-state index in [1.54, 1.807) is 0 Å². The second kappa shape index (κ2) is 6.64. The lowest BCUT2D eigenvalue weighted by atomic mass is 10.1. The molecule has 1 N–H and O–H groups in total. The second-order valence-corrected chi connectivity index (χ2v) is 6.44. The van der Waals surface area contributed by atoms with Crippen LogP contribution in [0.4, 0.5) is 5.69 Å². The van der Waals surface area contributed by atoms with Crippen LogP contribution in [0.5, 0.6) is 0 Å².